The Morgan fingerprint density at radius 1 is 1.20 bits per heavy atom. The molecule has 4 atom stereocenters. The van der Waals surface area contributed by atoms with Crippen LogP contribution in [0.15, 0.2) is 42.8 Å². The van der Waals surface area contributed by atoms with Crippen molar-refractivity contribution < 1.29 is 14.9 Å². The van der Waals surface area contributed by atoms with Crippen molar-refractivity contribution >= 4 is 17.5 Å². The predicted octanol–water partition coefficient (Wildman–Crippen LogP) is 3.52. The molecule has 0 spiro atoms. The van der Waals surface area contributed by atoms with Crippen LogP contribution in [-0.4, -0.2) is 74.6 Å². The second-order valence-corrected chi connectivity index (χ2v) is 10.4. The number of aromatic nitrogens is 4. The van der Waals surface area contributed by atoms with E-state index in [1.165, 1.54) is 6.08 Å². The fourth-order valence-electron chi connectivity index (χ4n) is 4.63. The lowest BCUT2D eigenvalue weighted by Crippen LogP contribution is -2.42. The van der Waals surface area contributed by atoms with Gasteiger partial charge in [-0.3, -0.25) is 10.6 Å². The molecule has 1 aliphatic rings. The molecule has 40 heavy (non-hydrogen) atoms. The average Bonchev–Trinajstić information content (AvgIpc) is 3.37. The van der Waals surface area contributed by atoms with Gasteiger partial charge in [0.25, 0.3) is 0 Å². The Kier molecular flexibility index (Phi) is 13.0. The van der Waals surface area contributed by atoms with Crippen LogP contribution < -0.4 is 21.3 Å². The molecule has 11 nitrogen and oxygen atoms in total. The minimum absolute atomic E-state index is 0.0328. The Morgan fingerprint density at radius 3 is 2.75 bits per heavy atom. The van der Waals surface area contributed by atoms with Gasteiger partial charge >= 0.3 is 0 Å². The van der Waals surface area contributed by atoms with E-state index in [1.54, 1.807) is 4.52 Å². The summed E-state index contributed by atoms with van der Waals surface area (Å²) in [6, 6.07) is -0.0328. The van der Waals surface area contributed by atoms with Crippen LogP contribution in [0, 0.1) is 5.92 Å². The summed E-state index contributed by atoms with van der Waals surface area (Å²) >= 11 is 0. The summed E-state index contributed by atoms with van der Waals surface area (Å²) in [5.74, 6) is 1.49. The van der Waals surface area contributed by atoms with E-state index in [9.17, 15) is 10.2 Å². The number of ether oxygens (including phenoxy) is 1. The molecule has 0 amide bonds. The normalized spacial score (nSPS) is 17.6. The van der Waals surface area contributed by atoms with Gasteiger partial charge in [0.05, 0.1) is 6.20 Å². The van der Waals surface area contributed by atoms with Gasteiger partial charge in [0.1, 0.15) is 12.5 Å². The molecule has 0 saturated carbocycles. The smallest absolute Gasteiger partial charge is 0.233 e. The van der Waals surface area contributed by atoms with Crippen molar-refractivity contribution in [2.24, 2.45) is 5.92 Å². The van der Waals surface area contributed by atoms with Crippen LogP contribution in [0.1, 0.15) is 71.3 Å². The third kappa shape index (κ3) is 9.38. The summed E-state index contributed by atoms with van der Waals surface area (Å²) in [5.41, 5.74) is 2.69. The zero-order valence-corrected chi connectivity index (χ0v) is 24.4. The van der Waals surface area contributed by atoms with Crippen LogP contribution in [0.4, 0.5) is 11.9 Å². The third-order valence-electron chi connectivity index (χ3n) is 6.98. The predicted molar refractivity (Wildman–Crippen MR) is 160 cm³/mol. The fourth-order valence-corrected chi connectivity index (χ4v) is 4.63. The van der Waals surface area contributed by atoms with E-state index in [0.29, 0.717) is 38.2 Å². The SMILES string of the molecule is C=CC(O)NCCC[C@H](CC)C(O)NC1C=C(Nc2nc(NCCCOCC)nc3c(C(C)C)cnn23)C=CC1. The lowest BCUT2D eigenvalue weighted by atomic mass is 9.96. The number of hydrogen-bond donors (Lipinski definition) is 6. The molecule has 2 aromatic rings. The van der Waals surface area contributed by atoms with Gasteiger partial charge in [-0.05, 0) is 75.6 Å². The van der Waals surface area contributed by atoms with Crippen LogP contribution in [0.25, 0.3) is 5.65 Å². The zero-order chi connectivity index (χ0) is 28.9. The van der Waals surface area contributed by atoms with Crippen molar-refractivity contribution in [3.05, 3.63) is 48.3 Å². The van der Waals surface area contributed by atoms with Crippen LogP contribution in [0.3, 0.4) is 0 Å². The Bertz CT molecular complexity index is 1120. The van der Waals surface area contributed by atoms with E-state index < -0.39 is 12.5 Å². The minimum atomic E-state index is -0.699. The number of rotatable bonds is 19. The second kappa shape index (κ2) is 16.4. The molecular weight excluding hydrogens is 508 g/mol. The number of allylic oxidation sites excluding steroid dienone is 1. The number of aliphatic hydroxyl groups is 2. The Balaban J connectivity index is 1.68. The van der Waals surface area contributed by atoms with E-state index in [4.69, 9.17) is 14.7 Å². The molecule has 0 aromatic carbocycles. The minimum Gasteiger partial charge on any atom is -0.382 e. The summed E-state index contributed by atoms with van der Waals surface area (Å²) in [7, 11) is 0. The Morgan fingerprint density at radius 2 is 2.02 bits per heavy atom. The van der Waals surface area contributed by atoms with E-state index in [0.717, 1.165) is 49.0 Å². The highest BCUT2D eigenvalue weighted by Crippen LogP contribution is 2.24. The van der Waals surface area contributed by atoms with Crippen LogP contribution in [0.2, 0.25) is 0 Å². The maximum Gasteiger partial charge on any atom is 0.233 e. The monoisotopic (exact) mass is 556 g/mol. The second-order valence-electron chi connectivity index (χ2n) is 10.4. The Hall–Kier alpha value is -2.83. The first kappa shape index (κ1) is 31.7. The van der Waals surface area contributed by atoms with Gasteiger partial charge < -0.3 is 25.6 Å². The van der Waals surface area contributed by atoms with Gasteiger partial charge in [-0.25, -0.2) is 0 Å². The first-order valence-corrected chi connectivity index (χ1v) is 14.6. The first-order chi connectivity index (χ1) is 19.4. The highest BCUT2D eigenvalue weighted by atomic mass is 16.5. The number of aliphatic hydroxyl groups excluding tert-OH is 2. The molecule has 222 valence electrons. The third-order valence-corrected chi connectivity index (χ3v) is 6.98. The van der Waals surface area contributed by atoms with E-state index in [-0.39, 0.29) is 17.9 Å². The van der Waals surface area contributed by atoms with Crippen molar-refractivity contribution in [1.82, 2.24) is 30.2 Å². The lowest BCUT2D eigenvalue weighted by Gasteiger charge is -2.28. The largest absolute Gasteiger partial charge is 0.382 e. The molecule has 3 unspecified atom stereocenters. The van der Waals surface area contributed by atoms with Crippen molar-refractivity contribution in [3.63, 3.8) is 0 Å². The molecule has 6 N–H and O–H groups in total. The summed E-state index contributed by atoms with van der Waals surface area (Å²) < 4.78 is 7.18. The van der Waals surface area contributed by atoms with Crippen molar-refractivity contribution in [2.75, 3.05) is 36.9 Å². The van der Waals surface area contributed by atoms with Crippen molar-refractivity contribution in [3.8, 4) is 0 Å². The maximum absolute atomic E-state index is 10.9. The fraction of sp³-hybridized carbons (Fsp3) is 0.621. The molecular formula is C29H48N8O3. The average molecular weight is 557 g/mol. The lowest BCUT2D eigenvalue weighted by molar-refractivity contribution is 0.0600. The van der Waals surface area contributed by atoms with E-state index in [1.807, 2.05) is 19.2 Å². The Labute approximate surface area is 238 Å². The summed E-state index contributed by atoms with van der Waals surface area (Å²) in [6.07, 6.45) is 12.3. The molecule has 2 aromatic heterocycles. The standard InChI is InChI=1S/C29H48N8O3/c1-6-21(12-10-15-30-25(38)7-2)27(39)33-22-13-9-14-23(18-22)34-29-36-28(31-16-11-17-40-8-3)35-26-24(20(4)5)19-32-37(26)29/h7,9,14,18-22,25,27,30,33,38-39H,2,6,8,10-13,15-17H2,1,3-5H3,(H2,31,34,35,36)/t21-,22?,25?,27?/m0/s1. The van der Waals surface area contributed by atoms with E-state index >= 15 is 0 Å². The van der Waals surface area contributed by atoms with Crippen LogP contribution in [-0.2, 0) is 4.74 Å². The molecule has 0 radical (unpaired) electrons. The molecule has 1 aliphatic carbocycles. The van der Waals surface area contributed by atoms with E-state index in [2.05, 4.69) is 65.9 Å². The molecule has 11 heteroatoms. The number of anilines is 2. The summed E-state index contributed by atoms with van der Waals surface area (Å²) in [5, 5.41) is 38.2. The molecule has 0 aliphatic heterocycles. The molecule has 0 saturated heterocycles. The van der Waals surface area contributed by atoms with Gasteiger partial charge in [-0.15, -0.1) is 0 Å². The van der Waals surface area contributed by atoms with Gasteiger partial charge in [-0.2, -0.15) is 19.6 Å². The van der Waals surface area contributed by atoms with Crippen molar-refractivity contribution in [2.45, 2.75) is 84.2 Å². The van der Waals surface area contributed by atoms with Gasteiger partial charge in [0, 0.05) is 37.1 Å². The summed E-state index contributed by atoms with van der Waals surface area (Å²) in [4.78, 5) is 9.47. The quantitative estimate of drug-likeness (QED) is 0.0865. The topological polar surface area (TPSA) is 141 Å². The van der Waals surface area contributed by atoms with Crippen molar-refractivity contribution in [1.29, 1.82) is 0 Å². The number of nitrogens with one attached hydrogen (secondary N) is 4. The van der Waals surface area contributed by atoms with Crippen LogP contribution >= 0.6 is 0 Å². The van der Waals surface area contributed by atoms with Gasteiger partial charge in [-0.1, -0.05) is 33.4 Å². The molecule has 0 fully saturated rings. The molecule has 3 rings (SSSR count). The molecule has 0 bridgehead atoms. The number of nitrogens with zero attached hydrogens (tertiary/aromatic N) is 4. The van der Waals surface area contributed by atoms with Gasteiger partial charge in [0.15, 0.2) is 5.65 Å². The maximum atomic E-state index is 10.9. The highest BCUT2D eigenvalue weighted by molar-refractivity contribution is 5.57. The molecule has 2 heterocycles. The number of hydrogen-bond acceptors (Lipinski definition) is 10. The first-order valence-electron chi connectivity index (χ1n) is 14.6. The number of fused-ring (bicyclic) bond motifs is 1. The summed E-state index contributed by atoms with van der Waals surface area (Å²) in [6.45, 7) is 14.7. The zero-order valence-electron chi connectivity index (χ0n) is 24.4. The highest BCUT2D eigenvalue weighted by Gasteiger charge is 2.22. The van der Waals surface area contributed by atoms with Gasteiger partial charge in [0.2, 0.25) is 11.9 Å². The van der Waals surface area contributed by atoms with Crippen LogP contribution in [0.5, 0.6) is 0 Å².